The summed E-state index contributed by atoms with van der Waals surface area (Å²) in [7, 11) is 0. The van der Waals surface area contributed by atoms with Crippen LogP contribution in [0.15, 0.2) is 12.7 Å². The molecule has 0 rings (SSSR count). The summed E-state index contributed by atoms with van der Waals surface area (Å²) in [6.45, 7) is 3.47. The van der Waals surface area contributed by atoms with E-state index < -0.39 is 0 Å². The van der Waals surface area contributed by atoms with Crippen molar-refractivity contribution in [3.05, 3.63) is 12.7 Å². The summed E-state index contributed by atoms with van der Waals surface area (Å²) in [6.07, 6.45) is 2.63. The predicted octanol–water partition coefficient (Wildman–Crippen LogP) is -0.523. The molecule has 71 valence electrons. The molecule has 6 heteroatoms. The molecule has 0 aromatic rings. The van der Waals surface area contributed by atoms with Crippen LogP contribution in [0.3, 0.4) is 0 Å². The molecule has 13 heavy (non-hydrogen) atoms. The first-order chi connectivity index (χ1) is 5.72. The first kappa shape index (κ1) is 18.4. The van der Waals surface area contributed by atoms with Crippen LogP contribution in [0.4, 0.5) is 0 Å². The molecule has 1 N–H and O–H groups in total. The number of ketones is 1. The molecule has 0 bridgehead atoms. The molecule has 0 fully saturated rings. The van der Waals surface area contributed by atoms with Crippen molar-refractivity contribution >= 4 is 18.5 Å². The van der Waals surface area contributed by atoms with Gasteiger partial charge in [0, 0.05) is 32.7 Å². The molecule has 0 unspecified atom stereocenters. The minimum absolute atomic E-state index is 0. The summed E-state index contributed by atoms with van der Waals surface area (Å²) in [5.41, 5.74) is 0. The summed E-state index contributed by atoms with van der Waals surface area (Å²) in [6, 6.07) is 0. The Morgan fingerprint density at radius 3 is 2.31 bits per heavy atom. The van der Waals surface area contributed by atoms with Gasteiger partial charge >= 0.3 is 0 Å². The van der Waals surface area contributed by atoms with Crippen molar-refractivity contribution in [1.82, 2.24) is 0 Å². The van der Waals surface area contributed by atoms with Crippen molar-refractivity contribution in [3.63, 3.8) is 0 Å². The van der Waals surface area contributed by atoms with Crippen LogP contribution in [0.1, 0.15) is 0 Å². The van der Waals surface area contributed by atoms with Crippen molar-refractivity contribution in [2.75, 3.05) is 13.2 Å². The fourth-order valence-corrected chi connectivity index (χ4v) is 0.252. The number of aliphatic hydroxyl groups excluding tert-OH is 1. The molecular weight excluding hydrogens is 253 g/mol. The Bertz CT molecular complexity index is 157. The minimum atomic E-state index is -0.231. The van der Waals surface area contributed by atoms with E-state index in [1.54, 1.807) is 0 Å². The third-order valence-corrected chi connectivity index (χ3v) is 0.633. The molecule has 5 nitrogen and oxygen atoms in total. The van der Waals surface area contributed by atoms with Gasteiger partial charge in [0.2, 0.25) is 0 Å². The number of hydrogen-bond acceptors (Lipinski definition) is 4. The molecule has 0 saturated carbocycles. The average molecular weight is 261 g/mol. The predicted molar refractivity (Wildman–Crippen MR) is 40.0 cm³/mol. The van der Waals surface area contributed by atoms with E-state index in [1.807, 2.05) is 0 Å². The number of rotatable bonds is 5. The summed E-state index contributed by atoms with van der Waals surface area (Å²) < 4.78 is 4.49. The van der Waals surface area contributed by atoms with E-state index in [2.05, 4.69) is 11.3 Å². The zero-order valence-corrected chi connectivity index (χ0v) is 9.69. The molecule has 0 heterocycles. The zero-order chi connectivity index (χ0) is 9.82. The maximum absolute atomic E-state index is 10.3. The van der Waals surface area contributed by atoms with Crippen LogP contribution < -0.4 is 0 Å². The Labute approximate surface area is 101 Å². The van der Waals surface area contributed by atoms with E-state index in [1.165, 1.54) is 6.29 Å². The molecule has 0 aromatic heterocycles. The van der Waals surface area contributed by atoms with E-state index >= 15 is 0 Å². The molecule has 0 amide bonds. The van der Waals surface area contributed by atoms with Crippen molar-refractivity contribution in [1.29, 1.82) is 0 Å². The number of carbonyl (C=O) groups is 1. The number of carbonyl (C=O) groups excluding carboxylic acids is 2. The van der Waals surface area contributed by atoms with Crippen LogP contribution in [0.25, 0.3) is 0 Å². The van der Waals surface area contributed by atoms with Crippen LogP contribution in [-0.4, -0.2) is 36.9 Å². The molecule has 0 aliphatic carbocycles. The van der Waals surface area contributed by atoms with Gasteiger partial charge in [0.1, 0.15) is 6.61 Å². The second-order valence-electron chi connectivity index (χ2n) is 1.40. The molecule has 0 aliphatic rings. The van der Waals surface area contributed by atoms with E-state index in [4.69, 9.17) is 9.90 Å². The first-order valence-electron chi connectivity index (χ1n) is 2.82. The van der Waals surface area contributed by atoms with E-state index in [0.717, 1.165) is 6.08 Å². The second-order valence-corrected chi connectivity index (χ2v) is 1.40. The van der Waals surface area contributed by atoms with E-state index in [0.29, 0.717) is 6.47 Å². The summed E-state index contributed by atoms with van der Waals surface area (Å²) >= 11 is 0. The average Bonchev–Trinajstić information content (AvgIpc) is 2.06. The maximum Gasteiger partial charge on any atom is 0.180 e. The van der Waals surface area contributed by atoms with Crippen LogP contribution >= 0.6 is 0 Å². The van der Waals surface area contributed by atoms with Gasteiger partial charge in [-0.2, -0.15) is 0 Å². The molecule has 0 saturated heterocycles. The molecule has 0 aliphatic heterocycles. The Morgan fingerprint density at radius 2 is 2.00 bits per heavy atom. The van der Waals surface area contributed by atoms with Crippen LogP contribution in [0, 0.1) is 0 Å². The normalized spacial score (nSPS) is 6.77. The third-order valence-electron chi connectivity index (χ3n) is 0.633. The fraction of sp³-hybridized carbons (Fsp3) is 0.286. The van der Waals surface area contributed by atoms with Gasteiger partial charge in [0.05, 0.1) is 0 Å². The monoisotopic (exact) mass is 261 g/mol. The summed E-state index contributed by atoms with van der Waals surface area (Å²) in [4.78, 5) is 28.0. The van der Waals surface area contributed by atoms with Crippen molar-refractivity contribution in [3.8, 4) is 0 Å². The standard InChI is InChI=1S/C6H7O3.CHO2.Y/c1-2-6(8)5-9-4-3-7;2-1-3;/h2H,1,4-5H2;(H,2,3);/q2*-1;. The van der Waals surface area contributed by atoms with Gasteiger partial charge < -0.3 is 19.4 Å². The van der Waals surface area contributed by atoms with Gasteiger partial charge in [-0.3, -0.25) is 4.79 Å². The topological polar surface area (TPSA) is 80.7 Å². The maximum atomic E-state index is 10.3. The van der Waals surface area contributed by atoms with Crippen LogP contribution in [-0.2, 0) is 51.8 Å². The van der Waals surface area contributed by atoms with Gasteiger partial charge in [-0.1, -0.05) is 13.1 Å². The minimum Gasteiger partial charge on any atom is -0.665 e. The number of ether oxygens (including phenoxy) is 1. The Morgan fingerprint density at radius 1 is 1.54 bits per heavy atom. The molecular formula is C7H8O5Y-2. The zero-order valence-electron chi connectivity index (χ0n) is 6.86. The van der Waals surface area contributed by atoms with Crippen molar-refractivity contribution in [2.24, 2.45) is 0 Å². The Kier molecular flexibility index (Phi) is 25.0. The van der Waals surface area contributed by atoms with Crippen molar-refractivity contribution < 1.29 is 56.9 Å². The first-order valence-corrected chi connectivity index (χ1v) is 2.82. The summed E-state index contributed by atoms with van der Waals surface area (Å²) in [5, 5.41) is 6.76. The fourth-order valence-electron chi connectivity index (χ4n) is 0.252. The van der Waals surface area contributed by atoms with E-state index in [-0.39, 0.29) is 51.7 Å². The molecule has 0 spiro atoms. The largest absolute Gasteiger partial charge is 0.665 e. The Balaban J connectivity index is -0.000000220. The van der Waals surface area contributed by atoms with Crippen LogP contribution in [0.2, 0.25) is 0 Å². The smallest absolute Gasteiger partial charge is 0.180 e. The van der Waals surface area contributed by atoms with Crippen LogP contribution in [0.5, 0.6) is 0 Å². The second kappa shape index (κ2) is 17.6. The SMILES string of the molecule is C=CC(=O)COC[C-]=O.O=[C-]O.[Y]. The van der Waals surface area contributed by atoms with Gasteiger partial charge in [-0.05, 0) is 12.7 Å². The molecule has 0 aromatic carbocycles. The molecule has 1 radical (unpaired) electrons. The van der Waals surface area contributed by atoms with Gasteiger partial charge in [-0.25, -0.2) is 6.29 Å². The van der Waals surface area contributed by atoms with E-state index in [9.17, 15) is 9.59 Å². The Hall–Kier alpha value is -0.386. The van der Waals surface area contributed by atoms with Gasteiger partial charge in [0.15, 0.2) is 5.78 Å². The van der Waals surface area contributed by atoms with Gasteiger partial charge in [0.25, 0.3) is 0 Å². The quantitative estimate of drug-likeness (QED) is 0.409. The summed E-state index contributed by atoms with van der Waals surface area (Å²) in [5.74, 6) is -0.231. The van der Waals surface area contributed by atoms with Gasteiger partial charge in [-0.15, -0.1) is 0 Å². The number of hydrogen-bond donors (Lipinski definition) is 1. The van der Waals surface area contributed by atoms with Crippen molar-refractivity contribution in [2.45, 2.75) is 0 Å². The third kappa shape index (κ3) is 24.5. The molecule has 0 atom stereocenters.